The largest absolute Gasteiger partial charge is 0.497 e. The van der Waals surface area contributed by atoms with Crippen molar-refractivity contribution in [3.63, 3.8) is 0 Å². The number of nitro groups is 1. The number of non-ortho nitro benzene ring substituents is 1. The normalized spacial score (nSPS) is 10.8. The van der Waals surface area contributed by atoms with Gasteiger partial charge in [-0.05, 0) is 30.3 Å². The van der Waals surface area contributed by atoms with Gasteiger partial charge < -0.3 is 14.2 Å². The summed E-state index contributed by atoms with van der Waals surface area (Å²) in [5.74, 6) is 0.920. The van der Waals surface area contributed by atoms with Crippen molar-refractivity contribution in [2.24, 2.45) is 0 Å². The fourth-order valence-electron chi connectivity index (χ4n) is 2.04. The van der Waals surface area contributed by atoms with Gasteiger partial charge in [0.15, 0.2) is 0 Å². The van der Waals surface area contributed by atoms with Crippen LogP contribution in [0.5, 0.6) is 17.2 Å². The lowest BCUT2D eigenvalue weighted by atomic mass is 10.2. The van der Waals surface area contributed by atoms with Crippen LogP contribution >= 0.6 is 0 Å². The highest BCUT2D eigenvalue weighted by Gasteiger charge is 2.17. The summed E-state index contributed by atoms with van der Waals surface area (Å²) in [5, 5.41) is 10.8. The molecule has 0 aliphatic rings. The van der Waals surface area contributed by atoms with Crippen molar-refractivity contribution in [2.75, 3.05) is 31.3 Å². The number of ether oxygens (including phenoxy) is 3. The Morgan fingerprint density at radius 2 is 1.69 bits per heavy atom. The Labute approximate surface area is 150 Å². The van der Waals surface area contributed by atoms with Crippen LogP contribution in [-0.4, -0.2) is 39.9 Å². The smallest absolute Gasteiger partial charge is 0.273 e. The van der Waals surface area contributed by atoms with Gasteiger partial charge in [-0.2, -0.15) is 0 Å². The molecule has 0 fully saturated rings. The number of rotatable bonds is 9. The van der Waals surface area contributed by atoms with Gasteiger partial charge in [0.2, 0.25) is 10.0 Å². The van der Waals surface area contributed by atoms with Crippen molar-refractivity contribution in [3.05, 3.63) is 52.6 Å². The van der Waals surface area contributed by atoms with E-state index in [-0.39, 0.29) is 29.5 Å². The maximum atomic E-state index is 12.2. The molecule has 0 saturated carbocycles. The van der Waals surface area contributed by atoms with Gasteiger partial charge >= 0.3 is 0 Å². The molecule has 0 unspecified atom stereocenters. The second kappa shape index (κ2) is 8.39. The van der Waals surface area contributed by atoms with E-state index in [1.54, 1.807) is 31.4 Å². The van der Waals surface area contributed by atoms with Crippen molar-refractivity contribution in [1.82, 2.24) is 0 Å². The highest BCUT2D eigenvalue weighted by molar-refractivity contribution is 7.92. The van der Waals surface area contributed by atoms with Gasteiger partial charge in [0.1, 0.15) is 29.6 Å². The molecule has 10 heteroatoms. The summed E-state index contributed by atoms with van der Waals surface area (Å²) in [6.07, 6.45) is 0. The first-order chi connectivity index (χ1) is 12.3. The molecule has 0 aliphatic heterocycles. The van der Waals surface area contributed by atoms with Crippen LogP contribution in [0.15, 0.2) is 42.5 Å². The second-order valence-electron chi connectivity index (χ2n) is 5.09. The van der Waals surface area contributed by atoms with Gasteiger partial charge in [-0.15, -0.1) is 0 Å². The van der Waals surface area contributed by atoms with Crippen LogP contribution in [-0.2, 0) is 10.0 Å². The van der Waals surface area contributed by atoms with Crippen LogP contribution in [0.25, 0.3) is 0 Å². The van der Waals surface area contributed by atoms with Gasteiger partial charge in [0.05, 0.1) is 30.9 Å². The third-order valence-electron chi connectivity index (χ3n) is 3.34. The SMILES string of the molecule is COc1ccc(OCCS(=O)(=O)Nc2ccc([N+](=O)[O-])cc2OC)cc1. The fraction of sp³-hybridized carbons (Fsp3) is 0.250. The molecule has 0 amide bonds. The molecular weight excluding hydrogens is 364 g/mol. The summed E-state index contributed by atoms with van der Waals surface area (Å²) in [5.41, 5.74) is -0.0878. The molecule has 0 aliphatic carbocycles. The maximum absolute atomic E-state index is 12.2. The van der Waals surface area contributed by atoms with E-state index in [4.69, 9.17) is 14.2 Å². The quantitative estimate of drug-likeness (QED) is 0.523. The van der Waals surface area contributed by atoms with Gasteiger partial charge in [-0.3, -0.25) is 14.8 Å². The molecule has 2 aromatic carbocycles. The fourth-order valence-corrected chi connectivity index (χ4v) is 2.95. The summed E-state index contributed by atoms with van der Waals surface area (Å²) in [6, 6.07) is 10.3. The van der Waals surface area contributed by atoms with Gasteiger partial charge in [-0.1, -0.05) is 0 Å². The van der Waals surface area contributed by atoms with E-state index in [9.17, 15) is 18.5 Å². The third kappa shape index (κ3) is 5.24. The average Bonchev–Trinajstić information content (AvgIpc) is 2.62. The first-order valence-corrected chi connectivity index (χ1v) is 9.09. The van der Waals surface area contributed by atoms with Crippen molar-refractivity contribution >= 4 is 21.4 Å². The first kappa shape index (κ1) is 19.3. The Morgan fingerprint density at radius 3 is 2.27 bits per heavy atom. The number of methoxy groups -OCH3 is 2. The van der Waals surface area contributed by atoms with Crippen LogP contribution in [0.4, 0.5) is 11.4 Å². The van der Waals surface area contributed by atoms with E-state index in [0.717, 1.165) is 6.07 Å². The Kier molecular flexibility index (Phi) is 6.23. The highest BCUT2D eigenvalue weighted by Crippen LogP contribution is 2.29. The Morgan fingerprint density at radius 1 is 1.04 bits per heavy atom. The van der Waals surface area contributed by atoms with Crippen LogP contribution in [0, 0.1) is 10.1 Å². The summed E-state index contributed by atoms with van der Waals surface area (Å²) in [7, 11) is -0.895. The average molecular weight is 382 g/mol. The minimum atomic E-state index is -3.73. The molecule has 0 saturated heterocycles. The lowest BCUT2D eigenvalue weighted by Crippen LogP contribution is -2.21. The number of sulfonamides is 1. The molecule has 0 atom stereocenters. The number of nitro benzene ring substituents is 1. The molecule has 0 aromatic heterocycles. The zero-order valence-corrected chi connectivity index (χ0v) is 15.0. The molecule has 9 nitrogen and oxygen atoms in total. The van der Waals surface area contributed by atoms with Gasteiger partial charge in [0.25, 0.3) is 5.69 Å². The van der Waals surface area contributed by atoms with E-state index in [1.807, 2.05) is 0 Å². The van der Waals surface area contributed by atoms with Crippen molar-refractivity contribution in [1.29, 1.82) is 0 Å². The Hall–Kier alpha value is -3.01. The molecule has 0 radical (unpaired) electrons. The number of benzene rings is 2. The minimum absolute atomic E-state index is 0.0545. The molecule has 2 rings (SSSR count). The molecule has 0 spiro atoms. The molecule has 140 valence electrons. The lowest BCUT2D eigenvalue weighted by Gasteiger charge is -2.12. The second-order valence-corrected chi connectivity index (χ2v) is 6.93. The lowest BCUT2D eigenvalue weighted by molar-refractivity contribution is -0.384. The van der Waals surface area contributed by atoms with Crippen molar-refractivity contribution in [2.45, 2.75) is 0 Å². The summed E-state index contributed by atoms with van der Waals surface area (Å²) in [4.78, 5) is 10.2. The summed E-state index contributed by atoms with van der Waals surface area (Å²) < 4.78 is 42.1. The third-order valence-corrected chi connectivity index (χ3v) is 4.58. The molecule has 1 N–H and O–H groups in total. The van der Waals surface area contributed by atoms with Crippen LogP contribution in [0.1, 0.15) is 0 Å². The topological polar surface area (TPSA) is 117 Å². The molecule has 0 bridgehead atoms. The van der Waals surface area contributed by atoms with Gasteiger partial charge in [-0.25, -0.2) is 8.42 Å². The van der Waals surface area contributed by atoms with E-state index in [0.29, 0.717) is 11.5 Å². The Balaban J connectivity index is 1.98. The Bertz CT molecular complexity index is 867. The van der Waals surface area contributed by atoms with E-state index < -0.39 is 14.9 Å². The number of hydrogen-bond donors (Lipinski definition) is 1. The van der Waals surface area contributed by atoms with E-state index in [2.05, 4.69) is 4.72 Å². The minimum Gasteiger partial charge on any atom is -0.497 e. The number of hydrogen-bond acceptors (Lipinski definition) is 7. The zero-order valence-electron chi connectivity index (χ0n) is 14.2. The van der Waals surface area contributed by atoms with Gasteiger partial charge in [0, 0.05) is 6.07 Å². The molecule has 2 aromatic rings. The highest BCUT2D eigenvalue weighted by atomic mass is 32.2. The van der Waals surface area contributed by atoms with Crippen LogP contribution in [0.2, 0.25) is 0 Å². The monoisotopic (exact) mass is 382 g/mol. The van der Waals surface area contributed by atoms with Crippen LogP contribution < -0.4 is 18.9 Å². The van der Waals surface area contributed by atoms with Crippen LogP contribution in [0.3, 0.4) is 0 Å². The zero-order chi connectivity index (χ0) is 19.2. The molecular formula is C16H18N2O7S. The first-order valence-electron chi connectivity index (χ1n) is 7.44. The predicted molar refractivity (Wildman–Crippen MR) is 95.5 cm³/mol. The number of anilines is 1. The predicted octanol–water partition coefficient (Wildman–Crippen LogP) is 2.43. The summed E-state index contributed by atoms with van der Waals surface area (Å²) in [6.45, 7) is -0.0725. The molecule has 0 heterocycles. The van der Waals surface area contributed by atoms with Crippen molar-refractivity contribution < 1.29 is 27.6 Å². The van der Waals surface area contributed by atoms with E-state index in [1.165, 1.54) is 19.2 Å². The molecule has 26 heavy (non-hydrogen) atoms. The number of nitrogens with one attached hydrogen (secondary N) is 1. The van der Waals surface area contributed by atoms with Crippen molar-refractivity contribution in [3.8, 4) is 17.2 Å². The summed E-state index contributed by atoms with van der Waals surface area (Å²) >= 11 is 0. The van der Waals surface area contributed by atoms with E-state index >= 15 is 0 Å². The standard InChI is InChI=1S/C16H18N2O7S/c1-23-13-4-6-14(7-5-13)25-9-10-26(21,22)17-15-8-3-12(18(19)20)11-16(15)24-2/h3-8,11,17H,9-10H2,1-2H3. The number of nitrogens with zero attached hydrogens (tertiary/aromatic N) is 1. The maximum Gasteiger partial charge on any atom is 0.273 e.